The second-order valence-corrected chi connectivity index (χ2v) is 2.79. The molecule has 1 heterocycles. The van der Waals surface area contributed by atoms with Crippen LogP contribution in [0.1, 0.15) is 19.0 Å². The smallest absolute Gasteiger partial charge is 0.0359 e. The van der Waals surface area contributed by atoms with Crippen LogP contribution in [0.5, 0.6) is 0 Å². The maximum atomic E-state index is 3.36. The molecular formula is C9H16N2. The van der Waals surface area contributed by atoms with Gasteiger partial charge in [0.05, 0.1) is 0 Å². The van der Waals surface area contributed by atoms with Crippen molar-refractivity contribution >= 4 is 0 Å². The fourth-order valence-corrected chi connectivity index (χ4v) is 1.07. The van der Waals surface area contributed by atoms with E-state index in [1.54, 1.807) is 0 Å². The molecule has 0 amide bonds. The molecule has 2 nitrogen and oxygen atoms in total. The highest BCUT2D eigenvalue weighted by Crippen LogP contribution is 1.97. The van der Waals surface area contributed by atoms with Crippen LogP contribution in [0.3, 0.4) is 0 Å². The standard InChI is InChI=1S/C9H16N2/c1-3-6-10-8-9-5-4-7-11(9)2/h4-5,7,10H,3,6,8H2,1-2H3. The molecule has 0 aliphatic rings. The van der Waals surface area contributed by atoms with Gasteiger partial charge in [0.15, 0.2) is 0 Å². The highest BCUT2D eigenvalue weighted by atomic mass is 15.0. The van der Waals surface area contributed by atoms with Crippen LogP contribution in [-0.2, 0) is 13.6 Å². The molecular weight excluding hydrogens is 136 g/mol. The lowest BCUT2D eigenvalue weighted by molar-refractivity contribution is 0.644. The third kappa shape index (κ3) is 2.39. The van der Waals surface area contributed by atoms with E-state index in [2.05, 4.69) is 42.2 Å². The molecule has 0 radical (unpaired) electrons. The Balaban J connectivity index is 2.32. The van der Waals surface area contributed by atoms with E-state index >= 15 is 0 Å². The SMILES string of the molecule is CCCNCc1cccn1C. The molecule has 2 heteroatoms. The predicted octanol–water partition coefficient (Wildman–Crippen LogP) is 1.52. The lowest BCUT2D eigenvalue weighted by atomic mass is 10.4. The molecule has 1 aromatic rings. The summed E-state index contributed by atoms with van der Waals surface area (Å²) in [7, 11) is 2.07. The minimum atomic E-state index is 0.983. The van der Waals surface area contributed by atoms with Gasteiger partial charge in [0.2, 0.25) is 0 Å². The van der Waals surface area contributed by atoms with E-state index in [0.717, 1.165) is 13.1 Å². The molecule has 1 N–H and O–H groups in total. The first-order valence-corrected chi connectivity index (χ1v) is 4.15. The quantitative estimate of drug-likeness (QED) is 0.647. The molecule has 0 saturated heterocycles. The third-order valence-electron chi connectivity index (χ3n) is 1.78. The van der Waals surface area contributed by atoms with Crippen LogP contribution in [0.2, 0.25) is 0 Å². The lowest BCUT2D eigenvalue weighted by Gasteiger charge is -2.03. The van der Waals surface area contributed by atoms with E-state index in [1.165, 1.54) is 12.1 Å². The zero-order valence-electron chi connectivity index (χ0n) is 7.30. The van der Waals surface area contributed by atoms with Gasteiger partial charge in [0.1, 0.15) is 0 Å². The molecule has 1 aromatic heterocycles. The predicted molar refractivity (Wildman–Crippen MR) is 47.4 cm³/mol. The first-order chi connectivity index (χ1) is 5.34. The molecule has 0 bridgehead atoms. The summed E-state index contributed by atoms with van der Waals surface area (Å²) in [5, 5.41) is 3.36. The van der Waals surface area contributed by atoms with E-state index in [1.807, 2.05) is 0 Å². The van der Waals surface area contributed by atoms with Gasteiger partial charge < -0.3 is 9.88 Å². The van der Waals surface area contributed by atoms with Gasteiger partial charge in [-0.05, 0) is 25.1 Å². The van der Waals surface area contributed by atoms with E-state index in [-0.39, 0.29) is 0 Å². The molecule has 0 fully saturated rings. The average Bonchev–Trinajstić information content (AvgIpc) is 2.37. The van der Waals surface area contributed by atoms with Crippen molar-refractivity contribution in [2.24, 2.45) is 7.05 Å². The summed E-state index contributed by atoms with van der Waals surface area (Å²) in [5.41, 5.74) is 1.35. The highest BCUT2D eigenvalue weighted by Gasteiger charge is 1.93. The van der Waals surface area contributed by atoms with E-state index in [9.17, 15) is 0 Å². The Kier molecular flexibility index (Phi) is 3.17. The molecule has 0 aliphatic carbocycles. The summed E-state index contributed by atoms with van der Waals surface area (Å²) in [6, 6.07) is 4.21. The van der Waals surface area contributed by atoms with Gasteiger partial charge >= 0.3 is 0 Å². The van der Waals surface area contributed by atoms with Crippen LogP contribution in [-0.4, -0.2) is 11.1 Å². The maximum absolute atomic E-state index is 3.36. The Morgan fingerprint density at radius 1 is 1.55 bits per heavy atom. The first kappa shape index (κ1) is 8.34. The molecule has 0 saturated carbocycles. The van der Waals surface area contributed by atoms with Crippen LogP contribution in [0, 0.1) is 0 Å². The van der Waals surface area contributed by atoms with Gasteiger partial charge in [-0.2, -0.15) is 0 Å². The second-order valence-electron chi connectivity index (χ2n) is 2.79. The van der Waals surface area contributed by atoms with Gasteiger partial charge in [0, 0.05) is 25.5 Å². The summed E-state index contributed by atoms with van der Waals surface area (Å²) >= 11 is 0. The summed E-state index contributed by atoms with van der Waals surface area (Å²) < 4.78 is 2.14. The molecule has 0 aromatic carbocycles. The summed E-state index contributed by atoms with van der Waals surface area (Å²) in [5.74, 6) is 0. The molecule has 0 atom stereocenters. The number of hydrogen-bond donors (Lipinski definition) is 1. The Bertz CT molecular complexity index is 203. The van der Waals surface area contributed by atoms with Gasteiger partial charge in [-0.1, -0.05) is 6.92 Å². The highest BCUT2D eigenvalue weighted by molar-refractivity contribution is 5.05. The van der Waals surface area contributed by atoms with Crippen molar-refractivity contribution in [3.63, 3.8) is 0 Å². The van der Waals surface area contributed by atoms with E-state index < -0.39 is 0 Å². The van der Waals surface area contributed by atoms with Crippen molar-refractivity contribution in [3.8, 4) is 0 Å². The fourth-order valence-electron chi connectivity index (χ4n) is 1.07. The molecule has 0 aliphatic heterocycles. The van der Waals surface area contributed by atoms with E-state index in [4.69, 9.17) is 0 Å². The van der Waals surface area contributed by atoms with Crippen molar-refractivity contribution in [2.75, 3.05) is 6.54 Å². The topological polar surface area (TPSA) is 17.0 Å². The zero-order valence-corrected chi connectivity index (χ0v) is 7.30. The number of rotatable bonds is 4. The molecule has 62 valence electrons. The van der Waals surface area contributed by atoms with Crippen molar-refractivity contribution < 1.29 is 0 Å². The Morgan fingerprint density at radius 2 is 2.36 bits per heavy atom. The van der Waals surface area contributed by atoms with Crippen LogP contribution >= 0.6 is 0 Å². The third-order valence-corrected chi connectivity index (χ3v) is 1.78. The molecule has 0 spiro atoms. The lowest BCUT2D eigenvalue weighted by Crippen LogP contribution is -2.15. The minimum absolute atomic E-state index is 0.983. The van der Waals surface area contributed by atoms with Gasteiger partial charge in [0.25, 0.3) is 0 Å². The Morgan fingerprint density at radius 3 is 2.91 bits per heavy atom. The number of nitrogens with zero attached hydrogens (tertiary/aromatic N) is 1. The van der Waals surface area contributed by atoms with Gasteiger partial charge in [-0.25, -0.2) is 0 Å². The van der Waals surface area contributed by atoms with Crippen LogP contribution in [0.4, 0.5) is 0 Å². The minimum Gasteiger partial charge on any atom is -0.353 e. The Hall–Kier alpha value is -0.760. The van der Waals surface area contributed by atoms with Crippen LogP contribution in [0.25, 0.3) is 0 Å². The first-order valence-electron chi connectivity index (χ1n) is 4.15. The largest absolute Gasteiger partial charge is 0.353 e. The number of hydrogen-bond acceptors (Lipinski definition) is 1. The second kappa shape index (κ2) is 4.19. The normalized spacial score (nSPS) is 10.4. The Labute approximate surface area is 68.2 Å². The number of nitrogens with one attached hydrogen (secondary N) is 1. The molecule has 1 rings (SSSR count). The van der Waals surface area contributed by atoms with Crippen molar-refractivity contribution in [2.45, 2.75) is 19.9 Å². The summed E-state index contributed by atoms with van der Waals surface area (Å²) in [4.78, 5) is 0. The van der Waals surface area contributed by atoms with E-state index in [0.29, 0.717) is 0 Å². The zero-order chi connectivity index (χ0) is 8.10. The van der Waals surface area contributed by atoms with Crippen molar-refractivity contribution in [1.29, 1.82) is 0 Å². The van der Waals surface area contributed by atoms with Crippen LogP contribution < -0.4 is 5.32 Å². The fraction of sp³-hybridized carbons (Fsp3) is 0.556. The molecule has 0 unspecified atom stereocenters. The van der Waals surface area contributed by atoms with Gasteiger partial charge in [-0.15, -0.1) is 0 Å². The maximum Gasteiger partial charge on any atom is 0.0359 e. The van der Waals surface area contributed by atoms with Crippen molar-refractivity contribution in [1.82, 2.24) is 9.88 Å². The number of aromatic nitrogens is 1. The monoisotopic (exact) mass is 152 g/mol. The molecule has 11 heavy (non-hydrogen) atoms. The van der Waals surface area contributed by atoms with Crippen LogP contribution in [0.15, 0.2) is 18.3 Å². The summed E-state index contributed by atoms with van der Waals surface area (Å²) in [6.07, 6.45) is 3.27. The number of aryl methyl sites for hydroxylation is 1. The van der Waals surface area contributed by atoms with Gasteiger partial charge in [-0.3, -0.25) is 0 Å². The average molecular weight is 152 g/mol. The van der Waals surface area contributed by atoms with Crippen molar-refractivity contribution in [3.05, 3.63) is 24.0 Å². The summed E-state index contributed by atoms with van der Waals surface area (Å²) in [6.45, 7) is 4.26.